The number of aromatic nitrogens is 1. The van der Waals surface area contributed by atoms with Crippen LogP contribution in [0.25, 0.3) is 10.8 Å². The summed E-state index contributed by atoms with van der Waals surface area (Å²) in [6, 6.07) is 6.61. The predicted octanol–water partition coefficient (Wildman–Crippen LogP) is 2.54. The molecule has 1 N–H and O–H groups in total. The average molecular weight is 228 g/mol. The highest BCUT2D eigenvalue weighted by molar-refractivity contribution is 5.94. The molecule has 4 rings (SSSR count). The molecule has 4 heteroatoms. The Morgan fingerprint density at radius 2 is 2.00 bits per heavy atom. The van der Waals surface area contributed by atoms with Crippen molar-refractivity contribution < 1.29 is 9.47 Å². The molecule has 0 unspecified atom stereocenters. The van der Waals surface area contributed by atoms with Crippen LogP contribution in [0.2, 0.25) is 0 Å². The summed E-state index contributed by atoms with van der Waals surface area (Å²) in [6.45, 7) is 0.310. The van der Waals surface area contributed by atoms with E-state index >= 15 is 0 Å². The molecule has 0 amide bonds. The Hall–Kier alpha value is -1.97. The molecule has 0 saturated heterocycles. The van der Waals surface area contributed by atoms with Gasteiger partial charge >= 0.3 is 0 Å². The Kier molecular flexibility index (Phi) is 1.75. The summed E-state index contributed by atoms with van der Waals surface area (Å²) in [5.74, 6) is 2.58. The summed E-state index contributed by atoms with van der Waals surface area (Å²) in [5, 5.41) is 5.68. The maximum atomic E-state index is 5.40. The van der Waals surface area contributed by atoms with Gasteiger partial charge in [0.05, 0.1) is 0 Å². The lowest BCUT2D eigenvalue weighted by Gasteiger charge is -2.08. The highest BCUT2D eigenvalue weighted by Gasteiger charge is 2.23. The largest absolute Gasteiger partial charge is 0.454 e. The quantitative estimate of drug-likeness (QED) is 0.857. The van der Waals surface area contributed by atoms with E-state index in [2.05, 4.69) is 10.3 Å². The fraction of sp³-hybridized carbons (Fsp3) is 0.308. The molecule has 1 fully saturated rings. The van der Waals surface area contributed by atoms with E-state index in [4.69, 9.17) is 9.47 Å². The number of nitrogens with one attached hydrogen (secondary N) is 1. The molecule has 4 nitrogen and oxygen atoms in total. The van der Waals surface area contributed by atoms with Crippen LogP contribution in [0.5, 0.6) is 11.5 Å². The number of hydrogen-bond acceptors (Lipinski definition) is 4. The lowest BCUT2D eigenvalue weighted by molar-refractivity contribution is 0.174. The molecular formula is C13H12N2O2. The summed E-state index contributed by atoms with van der Waals surface area (Å²) in [7, 11) is 0. The lowest BCUT2D eigenvalue weighted by atomic mass is 10.1. The zero-order valence-electron chi connectivity index (χ0n) is 9.27. The van der Waals surface area contributed by atoms with Crippen LogP contribution in [0.3, 0.4) is 0 Å². The standard InChI is InChI=1S/C13H12N2O2/c1-2-9(1)15-13-10-6-12-11(16-7-17-12)5-8(10)3-4-14-13/h3-6,9H,1-2,7H2,(H,14,15). The Balaban J connectivity index is 1.89. The molecule has 2 aliphatic rings. The minimum atomic E-state index is 0.310. The number of ether oxygens (including phenoxy) is 2. The number of fused-ring (bicyclic) bond motifs is 2. The minimum absolute atomic E-state index is 0.310. The number of nitrogens with zero attached hydrogens (tertiary/aromatic N) is 1. The van der Waals surface area contributed by atoms with E-state index in [1.165, 1.54) is 12.8 Å². The van der Waals surface area contributed by atoms with Crippen LogP contribution in [-0.2, 0) is 0 Å². The second-order valence-corrected chi connectivity index (χ2v) is 4.50. The lowest BCUT2D eigenvalue weighted by Crippen LogP contribution is -2.03. The fourth-order valence-corrected chi connectivity index (χ4v) is 2.10. The van der Waals surface area contributed by atoms with Crippen LogP contribution in [0.15, 0.2) is 24.4 Å². The van der Waals surface area contributed by atoms with Gasteiger partial charge in [0.25, 0.3) is 0 Å². The molecule has 0 bridgehead atoms. The van der Waals surface area contributed by atoms with E-state index in [9.17, 15) is 0 Å². The first-order valence-electron chi connectivity index (χ1n) is 5.85. The zero-order valence-corrected chi connectivity index (χ0v) is 9.27. The van der Waals surface area contributed by atoms with Crippen LogP contribution in [-0.4, -0.2) is 17.8 Å². The topological polar surface area (TPSA) is 43.4 Å². The SMILES string of the molecule is c1cc2cc3c(cc2c(NC2CC2)n1)OCO3. The van der Waals surface area contributed by atoms with Crippen molar-refractivity contribution in [3.63, 3.8) is 0 Å². The van der Waals surface area contributed by atoms with E-state index in [1.807, 2.05) is 24.4 Å². The number of rotatable bonds is 2. The molecule has 17 heavy (non-hydrogen) atoms. The third-order valence-corrected chi connectivity index (χ3v) is 3.18. The molecule has 1 aliphatic carbocycles. The average Bonchev–Trinajstić information content (AvgIpc) is 3.04. The van der Waals surface area contributed by atoms with Crippen molar-refractivity contribution in [3.05, 3.63) is 24.4 Å². The molecule has 1 aromatic carbocycles. The van der Waals surface area contributed by atoms with Crippen LogP contribution < -0.4 is 14.8 Å². The van der Waals surface area contributed by atoms with E-state index in [1.54, 1.807) is 0 Å². The molecule has 0 spiro atoms. The third-order valence-electron chi connectivity index (χ3n) is 3.18. The third kappa shape index (κ3) is 1.48. The molecule has 86 valence electrons. The van der Waals surface area contributed by atoms with Crippen molar-refractivity contribution in [1.82, 2.24) is 4.98 Å². The van der Waals surface area contributed by atoms with Gasteiger partial charge in [-0.3, -0.25) is 0 Å². The van der Waals surface area contributed by atoms with Crippen molar-refractivity contribution >= 4 is 16.6 Å². The highest BCUT2D eigenvalue weighted by Crippen LogP contribution is 2.38. The van der Waals surface area contributed by atoms with Gasteiger partial charge < -0.3 is 14.8 Å². The summed E-state index contributed by atoms with van der Waals surface area (Å²) in [4.78, 5) is 4.41. The zero-order chi connectivity index (χ0) is 11.2. The molecule has 2 heterocycles. The minimum Gasteiger partial charge on any atom is -0.454 e. The van der Waals surface area contributed by atoms with Gasteiger partial charge in [0.1, 0.15) is 5.82 Å². The fourth-order valence-electron chi connectivity index (χ4n) is 2.10. The van der Waals surface area contributed by atoms with Gasteiger partial charge in [-0.1, -0.05) is 0 Å². The van der Waals surface area contributed by atoms with Crippen molar-refractivity contribution in [2.45, 2.75) is 18.9 Å². The molecule has 2 aromatic rings. The summed E-state index contributed by atoms with van der Waals surface area (Å²) >= 11 is 0. The van der Waals surface area contributed by atoms with Crippen LogP contribution in [0, 0.1) is 0 Å². The summed E-state index contributed by atoms with van der Waals surface area (Å²) < 4.78 is 10.8. The monoisotopic (exact) mass is 228 g/mol. The Bertz CT molecular complexity index is 593. The molecule has 0 radical (unpaired) electrons. The Morgan fingerprint density at radius 1 is 1.18 bits per heavy atom. The van der Waals surface area contributed by atoms with Gasteiger partial charge in [-0.2, -0.15) is 0 Å². The Morgan fingerprint density at radius 3 is 2.82 bits per heavy atom. The van der Waals surface area contributed by atoms with Gasteiger partial charge in [-0.25, -0.2) is 4.98 Å². The second-order valence-electron chi connectivity index (χ2n) is 4.50. The van der Waals surface area contributed by atoms with E-state index in [-0.39, 0.29) is 0 Å². The molecule has 1 saturated carbocycles. The van der Waals surface area contributed by atoms with Crippen molar-refractivity contribution in [2.75, 3.05) is 12.1 Å². The van der Waals surface area contributed by atoms with Gasteiger partial charge in [0, 0.05) is 17.6 Å². The van der Waals surface area contributed by atoms with Crippen LogP contribution >= 0.6 is 0 Å². The number of hydrogen-bond donors (Lipinski definition) is 1. The number of benzene rings is 1. The van der Waals surface area contributed by atoms with Gasteiger partial charge in [-0.05, 0) is 36.4 Å². The van der Waals surface area contributed by atoms with Crippen molar-refractivity contribution in [3.8, 4) is 11.5 Å². The normalized spacial score (nSPS) is 17.4. The first-order valence-corrected chi connectivity index (χ1v) is 5.85. The predicted molar refractivity (Wildman–Crippen MR) is 64.5 cm³/mol. The van der Waals surface area contributed by atoms with Gasteiger partial charge in [0.15, 0.2) is 11.5 Å². The number of anilines is 1. The first kappa shape index (κ1) is 9.10. The first-order chi connectivity index (χ1) is 8.40. The van der Waals surface area contributed by atoms with E-state index < -0.39 is 0 Å². The van der Waals surface area contributed by atoms with E-state index in [0.717, 1.165) is 28.1 Å². The highest BCUT2D eigenvalue weighted by atomic mass is 16.7. The van der Waals surface area contributed by atoms with Gasteiger partial charge in [0.2, 0.25) is 6.79 Å². The molecule has 0 atom stereocenters. The van der Waals surface area contributed by atoms with Crippen LogP contribution in [0.1, 0.15) is 12.8 Å². The van der Waals surface area contributed by atoms with Gasteiger partial charge in [-0.15, -0.1) is 0 Å². The molecular weight excluding hydrogens is 216 g/mol. The second kappa shape index (κ2) is 3.26. The Labute approximate surface area is 98.6 Å². The maximum absolute atomic E-state index is 5.40. The maximum Gasteiger partial charge on any atom is 0.231 e. The van der Waals surface area contributed by atoms with Crippen molar-refractivity contribution in [1.29, 1.82) is 0 Å². The number of pyridine rings is 1. The smallest absolute Gasteiger partial charge is 0.231 e. The summed E-state index contributed by atoms with van der Waals surface area (Å²) in [6.07, 6.45) is 4.31. The van der Waals surface area contributed by atoms with E-state index in [0.29, 0.717) is 12.8 Å². The van der Waals surface area contributed by atoms with Crippen LogP contribution in [0.4, 0.5) is 5.82 Å². The molecule has 1 aromatic heterocycles. The van der Waals surface area contributed by atoms with Crippen molar-refractivity contribution in [2.24, 2.45) is 0 Å². The summed E-state index contributed by atoms with van der Waals surface area (Å²) in [5.41, 5.74) is 0. The molecule has 1 aliphatic heterocycles.